The van der Waals surface area contributed by atoms with E-state index in [1.165, 1.54) is 0 Å². The molecule has 70 valence electrons. The molecule has 0 aliphatic rings. The highest BCUT2D eigenvalue weighted by atomic mass is 16.1. The summed E-state index contributed by atoms with van der Waals surface area (Å²) in [6, 6.07) is 0. The summed E-state index contributed by atoms with van der Waals surface area (Å²) in [5.74, 6) is 0.350. The van der Waals surface area contributed by atoms with Gasteiger partial charge < -0.3 is 4.79 Å². The van der Waals surface area contributed by atoms with Crippen LogP contribution >= 0.6 is 0 Å². The summed E-state index contributed by atoms with van der Waals surface area (Å²) < 4.78 is 0. The highest BCUT2D eigenvalue weighted by Crippen LogP contribution is 2.04. The molecule has 0 fully saturated rings. The number of rotatable bonds is 8. The fourth-order valence-corrected chi connectivity index (χ4v) is 1.05. The second kappa shape index (κ2) is 8.44. The summed E-state index contributed by atoms with van der Waals surface area (Å²) in [5.41, 5.74) is 0. The number of carbonyl (C=O) groups excluding carboxylic acids is 2. The van der Waals surface area contributed by atoms with Gasteiger partial charge in [-0.2, -0.15) is 0 Å². The van der Waals surface area contributed by atoms with Gasteiger partial charge in [0, 0.05) is 19.3 Å². The maximum atomic E-state index is 11.1. The van der Waals surface area contributed by atoms with E-state index in [9.17, 15) is 9.59 Å². The van der Waals surface area contributed by atoms with E-state index in [0.717, 1.165) is 38.4 Å². The Labute approximate surface area is 74.3 Å². The van der Waals surface area contributed by atoms with Crippen molar-refractivity contribution < 1.29 is 9.59 Å². The van der Waals surface area contributed by atoms with Gasteiger partial charge in [-0.05, 0) is 19.3 Å². The number of unbranched alkanes of at least 4 members (excludes halogenated alkanes) is 3. The second-order valence-electron chi connectivity index (χ2n) is 3.05. The molecule has 12 heavy (non-hydrogen) atoms. The van der Waals surface area contributed by atoms with Crippen LogP contribution in [0.4, 0.5) is 0 Å². The maximum absolute atomic E-state index is 11.1. The smallest absolute Gasteiger partial charge is 0.132 e. The van der Waals surface area contributed by atoms with Crippen molar-refractivity contribution in [1.29, 1.82) is 0 Å². The van der Waals surface area contributed by atoms with Crippen LogP contribution in [0.25, 0.3) is 0 Å². The minimum absolute atomic E-state index is 0.350. The second-order valence-corrected chi connectivity index (χ2v) is 3.05. The predicted molar refractivity (Wildman–Crippen MR) is 49.1 cm³/mol. The fourth-order valence-electron chi connectivity index (χ4n) is 1.05. The number of carbonyl (C=O) groups is 2. The maximum Gasteiger partial charge on any atom is 0.132 e. The Morgan fingerprint density at radius 2 is 1.83 bits per heavy atom. The third-order valence-electron chi connectivity index (χ3n) is 1.84. The Bertz CT molecular complexity index is 130. The zero-order chi connectivity index (χ0) is 9.23. The minimum Gasteiger partial charge on any atom is -0.303 e. The van der Waals surface area contributed by atoms with Gasteiger partial charge in [0.15, 0.2) is 0 Å². The van der Waals surface area contributed by atoms with Crippen LogP contribution in [0.3, 0.4) is 0 Å². The van der Waals surface area contributed by atoms with E-state index in [0.29, 0.717) is 18.6 Å². The quantitative estimate of drug-likeness (QED) is 0.414. The van der Waals surface area contributed by atoms with Crippen LogP contribution in [0.5, 0.6) is 0 Å². The lowest BCUT2D eigenvalue weighted by atomic mass is 10.1. The van der Waals surface area contributed by atoms with Gasteiger partial charge in [-0.1, -0.05) is 13.3 Å². The van der Waals surface area contributed by atoms with Gasteiger partial charge in [0.1, 0.15) is 12.1 Å². The lowest BCUT2D eigenvalue weighted by Crippen LogP contribution is -1.96. The molecule has 0 aromatic rings. The van der Waals surface area contributed by atoms with Gasteiger partial charge in [0.25, 0.3) is 0 Å². The van der Waals surface area contributed by atoms with E-state index in [-0.39, 0.29) is 0 Å². The molecule has 0 bridgehead atoms. The minimum atomic E-state index is 0.350. The van der Waals surface area contributed by atoms with E-state index in [1.54, 1.807) is 0 Å². The first kappa shape index (κ1) is 11.3. The van der Waals surface area contributed by atoms with Gasteiger partial charge >= 0.3 is 0 Å². The normalized spacial score (nSPS) is 9.75. The Kier molecular flexibility index (Phi) is 7.97. The number of hydrogen-bond donors (Lipinski definition) is 0. The summed E-state index contributed by atoms with van der Waals surface area (Å²) in [6.07, 6.45) is 6.72. The SMILES string of the molecule is CCCCC(=O)CCCCC=O. The van der Waals surface area contributed by atoms with Gasteiger partial charge in [0.05, 0.1) is 0 Å². The number of aldehydes is 1. The Hall–Kier alpha value is -0.660. The standard InChI is InChI=1S/C10H18O2/c1-2-3-7-10(12)8-5-4-6-9-11/h9H,2-8H2,1H3. The average Bonchev–Trinajstić information content (AvgIpc) is 2.09. The third-order valence-corrected chi connectivity index (χ3v) is 1.84. The van der Waals surface area contributed by atoms with Crippen LogP contribution in [-0.4, -0.2) is 12.1 Å². The first-order chi connectivity index (χ1) is 5.81. The van der Waals surface area contributed by atoms with Crippen molar-refractivity contribution in [3.63, 3.8) is 0 Å². The molecule has 0 saturated carbocycles. The Morgan fingerprint density at radius 3 is 2.42 bits per heavy atom. The molecule has 0 aromatic carbocycles. The molecule has 0 heterocycles. The first-order valence-corrected chi connectivity index (χ1v) is 4.76. The average molecular weight is 170 g/mol. The van der Waals surface area contributed by atoms with Crippen LogP contribution in [0, 0.1) is 0 Å². The molecule has 0 unspecified atom stereocenters. The van der Waals surface area contributed by atoms with Crippen molar-refractivity contribution in [3.05, 3.63) is 0 Å². The van der Waals surface area contributed by atoms with Crippen molar-refractivity contribution in [2.24, 2.45) is 0 Å². The third kappa shape index (κ3) is 7.45. The van der Waals surface area contributed by atoms with Crippen molar-refractivity contribution in [1.82, 2.24) is 0 Å². The van der Waals surface area contributed by atoms with Crippen molar-refractivity contribution in [2.75, 3.05) is 0 Å². The summed E-state index contributed by atoms with van der Waals surface area (Å²) >= 11 is 0. The molecular formula is C10H18O2. The number of Topliss-reactive ketones (excluding diaryl/α,β-unsaturated/α-hetero) is 1. The fraction of sp³-hybridized carbons (Fsp3) is 0.800. The van der Waals surface area contributed by atoms with Crippen molar-refractivity contribution >= 4 is 12.1 Å². The van der Waals surface area contributed by atoms with E-state index in [4.69, 9.17) is 0 Å². The van der Waals surface area contributed by atoms with Gasteiger partial charge in [0.2, 0.25) is 0 Å². The molecule has 0 spiro atoms. The molecule has 2 heteroatoms. The molecule has 0 amide bonds. The van der Waals surface area contributed by atoms with Crippen molar-refractivity contribution in [2.45, 2.75) is 51.9 Å². The number of hydrogen-bond acceptors (Lipinski definition) is 2. The molecule has 0 N–H and O–H groups in total. The van der Waals surface area contributed by atoms with Crippen LogP contribution < -0.4 is 0 Å². The first-order valence-electron chi connectivity index (χ1n) is 4.76. The molecule has 0 aliphatic carbocycles. The Morgan fingerprint density at radius 1 is 1.17 bits per heavy atom. The molecule has 0 rings (SSSR count). The molecule has 0 aliphatic heterocycles. The zero-order valence-electron chi connectivity index (χ0n) is 7.84. The molecular weight excluding hydrogens is 152 g/mol. The lowest BCUT2D eigenvalue weighted by Gasteiger charge is -1.97. The molecule has 0 saturated heterocycles. The topological polar surface area (TPSA) is 34.1 Å². The molecule has 0 atom stereocenters. The summed E-state index contributed by atoms with van der Waals surface area (Å²) in [4.78, 5) is 21.0. The van der Waals surface area contributed by atoms with Crippen LogP contribution in [0.1, 0.15) is 51.9 Å². The molecule has 2 nitrogen and oxygen atoms in total. The van der Waals surface area contributed by atoms with Crippen LogP contribution in [0.2, 0.25) is 0 Å². The summed E-state index contributed by atoms with van der Waals surface area (Å²) in [5, 5.41) is 0. The van der Waals surface area contributed by atoms with Gasteiger partial charge in [-0.3, -0.25) is 4.79 Å². The Balaban J connectivity index is 3.13. The zero-order valence-corrected chi connectivity index (χ0v) is 7.84. The molecule has 0 radical (unpaired) electrons. The predicted octanol–water partition coefficient (Wildman–Crippen LogP) is 2.51. The number of ketones is 1. The van der Waals surface area contributed by atoms with Gasteiger partial charge in [-0.25, -0.2) is 0 Å². The van der Waals surface area contributed by atoms with Crippen LogP contribution in [0.15, 0.2) is 0 Å². The largest absolute Gasteiger partial charge is 0.303 e. The van der Waals surface area contributed by atoms with E-state index in [2.05, 4.69) is 6.92 Å². The summed E-state index contributed by atoms with van der Waals surface area (Å²) in [6.45, 7) is 2.08. The van der Waals surface area contributed by atoms with Crippen LogP contribution in [-0.2, 0) is 9.59 Å². The van der Waals surface area contributed by atoms with Crippen molar-refractivity contribution in [3.8, 4) is 0 Å². The highest BCUT2D eigenvalue weighted by Gasteiger charge is 1.99. The highest BCUT2D eigenvalue weighted by molar-refractivity contribution is 5.78. The van der Waals surface area contributed by atoms with E-state index >= 15 is 0 Å². The lowest BCUT2D eigenvalue weighted by molar-refractivity contribution is -0.119. The van der Waals surface area contributed by atoms with E-state index in [1.807, 2.05) is 0 Å². The monoisotopic (exact) mass is 170 g/mol. The summed E-state index contributed by atoms with van der Waals surface area (Å²) in [7, 11) is 0. The van der Waals surface area contributed by atoms with E-state index < -0.39 is 0 Å². The molecule has 0 aromatic heterocycles. The van der Waals surface area contributed by atoms with Gasteiger partial charge in [-0.15, -0.1) is 0 Å².